The van der Waals surface area contributed by atoms with E-state index in [-0.39, 0.29) is 10.6 Å². The first-order valence-electron chi connectivity index (χ1n) is 4.42. The quantitative estimate of drug-likeness (QED) is 0.371. The van der Waals surface area contributed by atoms with Crippen molar-refractivity contribution < 1.29 is 4.92 Å². The molecular formula is C10H12N2O2S. The van der Waals surface area contributed by atoms with Gasteiger partial charge in [0.1, 0.15) is 0 Å². The molecule has 1 aromatic rings. The summed E-state index contributed by atoms with van der Waals surface area (Å²) in [5.74, 6) is 0.608. The van der Waals surface area contributed by atoms with E-state index in [1.54, 1.807) is 26.0 Å². The summed E-state index contributed by atoms with van der Waals surface area (Å²) in [7, 11) is 0. The second kappa shape index (κ2) is 4.93. The van der Waals surface area contributed by atoms with Crippen molar-refractivity contribution in [2.24, 2.45) is 0 Å². The van der Waals surface area contributed by atoms with Crippen molar-refractivity contribution in [3.05, 3.63) is 39.4 Å². The van der Waals surface area contributed by atoms with E-state index in [1.807, 2.05) is 6.07 Å². The Kier molecular flexibility index (Phi) is 3.85. The van der Waals surface area contributed by atoms with E-state index in [2.05, 4.69) is 0 Å². The lowest BCUT2D eigenvalue weighted by Crippen LogP contribution is -1.93. The lowest BCUT2D eigenvalue weighted by molar-refractivity contribution is -0.385. The number of thioether (sulfide) groups is 1. The predicted molar refractivity (Wildman–Crippen MR) is 62.5 cm³/mol. The van der Waals surface area contributed by atoms with Crippen LogP contribution < -0.4 is 0 Å². The van der Waals surface area contributed by atoms with Gasteiger partial charge in [-0.1, -0.05) is 12.1 Å². The Morgan fingerprint density at radius 3 is 2.80 bits per heavy atom. The summed E-state index contributed by atoms with van der Waals surface area (Å²) >= 11 is 1.37. The molecule has 15 heavy (non-hydrogen) atoms. The van der Waals surface area contributed by atoms with Gasteiger partial charge in [0, 0.05) is 17.4 Å². The number of benzene rings is 1. The molecule has 4 nitrogen and oxygen atoms in total. The normalized spacial score (nSPS) is 10.0. The van der Waals surface area contributed by atoms with Gasteiger partial charge in [0.2, 0.25) is 0 Å². The van der Waals surface area contributed by atoms with E-state index >= 15 is 0 Å². The molecular weight excluding hydrogens is 212 g/mol. The van der Waals surface area contributed by atoms with Crippen LogP contribution in [0.4, 0.5) is 5.69 Å². The van der Waals surface area contributed by atoms with E-state index in [9.17, 15) is 10.1 Å². The van der Waals surface area contributed by atoms with Crippen LogP contribution in [0.3, 0.4) is 0 Å². The average Bonchev–Trinajstić information content (AvgIpc) is 2.16. The number of nitrogens with one attached hydrogen (secondary N) is 1. The van der Waals surface area contributed by atoms with Crippen LogP contribution in [0, 0.1) is 22.4 Å². The molecule has 0 bridgehead atoms. The Hall–Kier alpha value is -1.36. The van der Waals surface area contributed by atoms with E-state index in [0.29, 0.717) is 16.4 Å². The van der Waals surface area contributed by atoms with Gasteiger partial charge in [-0.3, -0.25) is 15.5 Å². The molecule has 0 unspecified atom stereocenters. The van der Waals surface area contributed by atoms with Crippen LogP contribution in [-0.2, 0) is 5.75 Å². The van der Waals surface area contributed by atoms with Crippen LogP contribution in [0.25, 0.3) is 0 Å². The largest absolute Gasteiger partial charge is 0.299 e. The Morgan fingerprint density at radius 1 is 1.60 bits per heavy atom. The summed E-state index contributed by atoms with van der Waals surface area (Å²) in [5.41, 5.74) is 1.69. The van der Waals surface area contributed by atoms with Gasteiger partial charge in [-0.2, -0.15) is 0 Å². The number of hydrogen-bond acceptors (Lipinski definition) is 4. The zero-order valence-electron chi connectivity index (χ0n) is 8.61. The van der Waals surface area contributed by atoms with Crippen LogP contribution in [0.1, 0.15) is 18.1 Å². The molecule has 0 saturated heterocycles. The monoisotopic (exact) mass is 224 g/mol. The van der Waals surface area contributed by atoms with Crippen molar-refractivity contribution in [3.8, 4) is 0 Å². The number of nitro groups is 1. The van der Waals surface area contributed by atoms with Crippen molar-refractivity contribution in [2.45, 2.75) is 19.6 Å². The highest BCUT2D eigenvalue weighted by atomic mass is 32.2. The third-order valence-electron chi connectivity index (χ3n) is 1.93. The third kappa shape index (κ3) is 3.36. The summed E-state index contributed by atoms with van der Waals surface area (Å²) in [5, 5.41) is 18.4. The minimum atomic E-state index is -0.374. The zero-order chi connectivity index (χ0) is 11.4. The summed E-state index contributed by atoms with van der Waals surface area (Å²) in [4.78, 5) is 10.3. The van der Waals surface area contributed by atoms with Gasteiger partial charge in [0.25, 0.3) is 5.69 Å². The van der Waals surface area contributed by atoms with E-state index < -0.39 is 0 Å². The summed E-state index contributed by atoms with van der Waals surface area (Å²) in [6.45, 7) is 3.42. The van der Waals surface area contributed by atoms with Crippen LogP contribution >= 0.6 is 11.8 Å². The minimum absolute atomic E-state index is 0.149. The van der Waals surface area contributed by atoms with Crippen molar-refractivity contribution in [2.75, 3.05) is 0 Å². The van der Waals surface area contributed by atoms with Crippen molar-refractivity contribution in [3.63, 3.8) is 0 Å². The maximum Gasteiger partial charge on any atom is 0.272 e. The topological polar surface area (TPSA) is 67.0 Å². The lowest BCUT2D eigenvalue weighted by Gasteiger charge is -2.02. The van der Waals surface area contributed by atoms with Gasteiger partial charge in [0.15, 0.2) is 0 Å². The summed E-state index contributed by atoms with van der Waals surface area (Å²) in [6, 6.07) is 5.18. The highest BCUT2D eigenvalue weighted by Crippen LogP contribution is 2.22. The maximum atomic E-state index is 10.7. The molecule has 0 amide bonds. The standard InChI is InChI=1S/C10H12N2O2S/c1-7-3-4-9(6-15-8(2)11)5-10(7)12(13)14/h3-5,11H,6H2,1-2H3. The Bertz CT molecular complexity index is 404. The fourth-order valence-corrected chi connectivity index (χ4v) is 1.70. The van der Waals surface area contributed by atoms with Gasteiger partial charge in [0.05, 0.1) is 9.97 Å². The first-order chi connectivity index (χ1) is 7.00. The van der Waals surface area contributed by atoms with Crippen molar-refractivity contribution in [1.29, 1.82) is 5.41 Å². The molecule has 0 spiro atoms. The first-order valence-corrected chi connectivity index (χ1v) is 5.41. The average molecular weight is 224 g/mol. The fourth-order valence-electron chi connectivity index (χ4n) is 1.13. The van der Waals surface area contributed by atoms with E-state index in [1.165, 1.54) is 11.8 Å². The number of rotatable bonds is 3. The first kappa shape index (κ1) is 11.7. The summed E-state index contributed by atoms with van der Waals surface area (Å²) in [6.07, 6.45) is 0. The van der Waals surface area contributed by atoms with Crippen LogP contribution in [-0.4, -0.2) is 9.97 Å². The SMILES string of the molecule is CC(=N)SCc1ccc(C)c([N+](=O)[O-])c1. The third-order valence-corrected chi connectivity index (χ3v) is 2.84. The number of nitrogens with zero attached hydrogens (tertiary/aromatic N) is 1. The minimum Gasteiger partial charge on any atom is -0.299 e. The second-order valence-electron chi connectivity index (χ2n) is 3.22. The smallest absolute Gasteiger partial charge is 0.272 e. The molecule has 0 aliphatic heterocycles. The Labute approximate surface area is 92.4 Å². The van der Waals surface area contributed by atoms with Gasteiger partial charge >= 0.3 is 0 Å². The second-order valence-corrected chi connectivity index (χ2v) is 4.41. The Morgan fingerprint density at radius 2 is 2.27 bits per heavy atom. The lowest BCUT2D eigenvalue weighted by atomic mass is 10.1. The molecule has 0 saturated carbocycles. The van der Waals surface area contributed by atoms with Crippen LogP contribution in [0.15, 0.2) is 18.2 Å². The molecule has 1 aromatic carbocycles. The summed E-state index contributed by atoms with van der Waals surface area (Å²) < 4.78 is 0. The molecule has 0 radical (unpaired) electrons. The number of aryl methyl sites for hydroxylation is 1. The van der Waals surface area contributed by atoms with E-state index in [0.717, 1.165) is 5.56 Å². The maximum absolute atomic E-state index is 10.7. The highest BCUT2D eigenvalue weighted by molar-refractivity contribution is 8.13. The molecule has 0 aliphatic rings. The van der Waals surface area contributed by atoms with Gasteiger partial charge < -0.3 is 0 Å². The molecule has 1 rings (SSSR count). The molecule has 0 fully saturated rings. The van der Waals surface area contributed by atoms with E-state index in [4.69, 9.17) is 5.41 Å². The predicted octanol–water partition coefficient (Wildman–Crippen LogP) is 3.13. The molecule has 0 aliphatic carbocycles. The molecule has 1 N–H and O–H groups in total. The Balaban J connectivity index is 2.87. The fraction of sp³-hybridized carbons (Fsp3) is 0.300. The molecule has 0 heterocycles. The molecule has 80 valence electrons. The van der Waals surface area contributed by atoms with Gasteiger partial charge in [-0.05, 0) is 19.4 Å². The number of hydrogen-bond donors (Lipinski definition) is 1. The highest BCUT2D eigenvalue weighted by Gasteiger charge is 2.10. The molecule has 5 heteroatoms. The molecule has 0 atom stereocenters. The van der Waals surface area contributed by atoms with Gasteiger partial charge in [-0.25, -0.2) is 0 Å². The number of nitro benzene ring substituents is 1. The van der Waals surface area contributed by atoms with Crippen LogP contribution in [0.2, 0.25) is 0 Å². The molecule has 0 aromatic heterocycles. The van der Waals surface area contributed by atoms with Crippen molar-refractivity contribution >= 4 is 22.5 Å². The van der Waals surface area contributed by atoms with Crippen LogP contribution in [0.5, 0.6) is 0 Å². The van der Waals surface area contributed by atoms with Gasteiger partial charge in [-0.15, -0.1) is 11.8 Å². The van der Waals surface area contributed by atoms with Crippen molar-refractivity contribution in [1.82, 2.24) is 0 Å². The zero-order valence-corrected chi connectivity index (χ0v) is 9.43.